The third kappa shape index (κ3) is 3.35. The quantitative estimate of drug-likeness (QED) is 0.197. The number of fused-ring (bicyclic) bond motifs is 2. The van der Waals surface area contributed by atoms with Crippen molar-refractivity contribution >= 4 is 24.3 Å². The first-order valence-electron chi connectivity index (χ1n) is 8.09. The van der Waals surface area contributed by atoms with Gasteiger partial charge in [0.25, 0.3) is 0 Å². The minimum Gasteiger partial charge on any atom is -0.506 e. The molecular formula is C17H22N6OS. The normalized spacial score (nSPS) is 23.6. The highest BCUT2D eigenvalue weighted by Gasteiger charge is 2.36. The zero-order valence-electron chi connectivity index (χ0n) is 13.9. The van der Waals surface area contributed by atoms with Crippen molar-refractivity contribution in [3.63, 3.8) is 0 Å². The van der Waals surface area contributed by atoms with Gasteiger partial charge in [0.05, 0.1) is 6.34 Å². The Morgan fingerprint density at radius 2 is 2.28 bits per heavy atom. The van der Waals surface area contributed by atoms with E-state index in [4.69, 9.17) is 11.7 Å². The molecule has 3 rings (SSSR count). The molecular weight excluding hydrogens is 336 g/mol. The molecule has 3 aliphatic rings. The molecule has 1 unspecified atom stereocenters. The number of nitrogens with two attached hydrogens (primary N) is 2. The van der Waals surface area contributed by atoms with Crippen molar-refractivity contribution in [2.45, 2.75) is 31.1 Å². The van der Waals surface area contributed by atoms with Crippen LogP contribution in [0.25, 0.3) is 0 Å². The van der Waals surface area contributed by atoms with Crippen molar-refractivity contribution in [3.8, 4) is 0 Å². The molecule has 0 aromatic carbocycles. The van der Waals surface area contributed by atoms with Crippen LogP contribution in [0.2, 0.25) is 0 Å². The Balaban J connectivity index is 2.00. The molecule has 132 valence electrons. The van der Waals surface area contributed by atoms with Crippen LogP contribution >= 0.6 is 11.8 Å². The van der Waals surface area contributed by atoms with Crippen LogP contribution in [0.15, 0.2) is 68.2 Å². The van der Waals surface area contributed by atoms with Gasteiger partial charge in [0.2, 0.25) is 0 Å². The number of hydrogen-bond acceptors (Lipinski definition) is 8. The first-order chi connectivity index (χ1) is 12.2. The van der Waals surface area contributed by atoms with Crippen molar-refractivity contribution in [2.75, 3.05) is 0 Å². The number of thioether (sulfide) groups is 1. The number of allylic oxidation sites excluding steroid dienone is 4. The van der Waals surface area contributed by atoms with Gasteiger partial charge in [-0.05, 0) is 54.4 Å². The fraction of sp³-hybridized carbons (Fsp3) is 0.294. The predicted molar refractivity (Wildman–Crippen MR) is 103 cm³/mol. The Bertz CT molecular complexity index is 746. The average molecular weight is 358 g/mol. The number of hydrazone groups is 1. The van der Waals surface area contributed by atoms with Gasteiger partial charge in [-0.2, -0.15) is 5.10 Å². The fourth-order valence-electron chi connectivity index (χ4n) is 3.16. The molecule has 0 spiro atoms. The van der Waals surface area contributed by atoms with Gasteiger partial charge in [0.1, 0.15) is 16.8 Å². The van der Waals surface area contributed by atoms with E-state index in [1.807, 2.05) is 11.8 Å². The number of nitrogens with one attached hydrogen (secondary N) is 1. The maximum absolute atomic E-state index is 10.3. The molecule has 2 heterocycles. The second kappa shape index (κ2) is 7.62. The van der Waals surface area contributed by atoms with Crippen LogP contribution in [-0.2, 0) is 0 Å². The number of hydrogen-bond donors (Lipinski definition) is 4. The molecule has 0 saturated heterocycles. The van der Waals surface area contributed by atoms with E-state index in [0.29, 0.717) is 11.5 Å². The number of nitrogens with zero attached hydrogens (tertiary/aromatic N) is 3. The SMILES string of the molecule is C=C/C(=C(O)\C=C\C=NN)N(N)C1=C2C3=C(CCCC3)SC2NC=N1. The van der Waals surface area contributed by atoms with E-state index in [1.54, 1.807) is 6.34 Å². The molecule has 1 aliphatic carbocycles. The maximum Gasteiger partial charge on any atom is 0.155 e. The Morgan fingerprint density at radius 3 is 3.04 bits per heavy atom. The van der Waals surface area contributed by atoms with Crippen molar-refractivity contribution in [1.29, 1.82) is 0 Å². The molecule has 6 N–H and O–H groups in total. The second-order valence-electron chi connectivity index (χ2n) is 5.77. The minimum absolute atomic E-state index is 0.0423. The summed E-state index contributed by atoms with van der Waals surface area (Å²) in [4.78, 5) is 5.86. The summed E-state index contributed by atoms with van der Waals surface area (Å²) in [6, 6.07) is 0. The van der Waals surface area contributed by atoms with Gasteiger partial charge in [0, 0.05) is 11.8 Å². The Morgan fingerprint density at radius 1 is 1.48 bits per heavy atom. The second-order valence-corrected chi connectivity index (χ2v) is 6.97. The standard InChI is InChI=1S/C17H22N6OS/c1-2-12(13(24)7-5-9-22-18)23(19)16-15-11-6-3-4-8-14(11)25-17(15)21-10-20-16/h2,5,7,9-10,17,24H,1,3-4,6,8,18-19H2,(H,20,21)/b7-5+,13-12-,22-9?. The average Bonchev–Trinajstić information content (AvgIpc) is 3.01. The fourth-order valence-corrected chi connectivity index (χ4v) is 4.55. The first kappa shape index (κ1) is 17.4. The lowest BCUT2D eigenvalue weighted by Crippen LogP contribution is -2.37. The van der Waals surface area contributed by atoms with Crippen LogP contribution in [0.3, 0.4) is 0 Å². The minimum atomic E-state index is -0.0423. The number of aliphatic imine (C=N–C) groups is 1. The molecule has 7 nitrogen and oxygen atoms in total. The van der Waals surface area contributed by atoms with E-state index < -0.39 is 0 Å². The van der Waals surface area contributed by atoms with E-state index in [1.165, 1.54) is 52.8 Å². The van der Waals surface area contributed by atoms with Crippen LogP contribution in [0.4, 0.5) is 0 Å². The van der Waals surface area contributed by atoms with Crippen molar-refractivity contribution in [2.24, 2.45) is 21.8 Å². The molecule has 8 heteroatoms. The Hall–Kier alpha value is -2.45. The van der Waals surface area contributed by atoms with E-state index in [2.05, 4.69) is 22.0 Å². The molecule has 1 atom stereocenters. The zero-order valence-corrected chi connectivity index (χ0v) is 14.7. The van der Waals surface area contributed by atoms with E-state index in [-0.39, 0.29) is 11.1 Å². The van der Waals surface area contributed by atoms with Crippen molar-refractivity contribution < 1.29 is 5.11 Å². The van der Waals surface area contributed by atoms with Crippen LogP contribution in [-0.4, -0.2) is 28.0 Å². The molecule has 0 amide bonds. The highest BCUT2D eigenvalue weighted by atomic mass is 32.2. The van der Waals surface area contributed by atoms with E-state index in [9.17, 15) is 5.11 Å². The van der Waals surface area contributed by atoms with Gasteiger partial charge < -0.3 is 16.3 Å². The van der Waals surface area contributed by atoms with Crippen molar-refractivity contribution in [3.05, 3.63) is 58.1 Å². The highest BCUT2D eigenvalue weighted by molar-refractivity contribution is 8.04. The molecule has 25 heavy (non-hydrogen) atoms. The summed E-state index contributed by atoms with van der Waals surface area (Å²) in [6.07, 6.45) is 12.0. The lowest BCUT2D eigenvalue weighted by atomic mass is 9.93. The third-order valence-corrected chi connectivity index (χ3v) is 5.63. The molecule has 0 aromatic rings. The largest absolute Gasteiger partial charge is 0.506 e. The molecule has 0 radical (unpaired) electrons. The molecule has 0 aromatic heterocycles. The Kier molecular flexibility index (Phi) is 5.30. The maximum atomic E-state index is 10.3. The van der Waals surface area contributed by atoms with Crippen LogP contribution in [0, 0.1) is 0 Å². The number of aliphatic hydroxyl groups excluding tert-OH is 1. The lowest BCUT2D eigenvalue weighted by Gasteiger charge is -2.28. The predicted octanol–water partition coefficient (Wildman–Crippen LogP) is 2.36. The van der Waals surface area contributed by atoms with E-state index in [0.717, 1.165) is 18.4 Å². The topological polar surface area (TPSA) is 112 Å². The monoisotopic (exact) mass is 358 g/mol. The van der Waals surface area contributed by atoms with Crippen LogP contribution in [0.5, 0.6) is 0 Å². The summed E-state index contributed by atoms with van der Waals surface area (Å²) in [5.41, 5.74) is 2.80. The van der Waals surface area contributed by atoms with Crippen molar-refractivity contribution in [1.82, 2.24) is 10.3 Å². The molecule has 0 bridgehead atoms. The van der Waals surface area contributed by atoms with Gasteiger partial charge in [-0.25, -0.2) is 10.8 Å². The van der Waals surface area contributed by atoms with Gasteiger partial charge in [0.15, 0.2) is 5.82 Å². The summed E-state index contributed by atoms with van der Waals surface area (Å²) in [5.74, 6) is 11.9. The summed E-state index contributed by atoms with van der Waals surface area (Å²) < 4.78 is 0. The first-order valence-corrected chi connectivity index (χ1v) is 8.97. The summed E-state index contributed by atoms with van der Waals surface area (Å²) in [7, 11) is 0. The third-order valence-electron chi connectivity index (χ3n) is 4.29. The van der Waals surface area contributed by atoms with Crippen LogP contribution < -0.4 is 17.0 Å². The highest BCUT2D eigenvalue weighted by Crippen LogP contribution is 2.49. The summed E-state index contributed by atoms with van der Waals surface area (Å²) in [6.45, 7) is 3.75. The van der Waals surface area contributed by atoms with Gasteiger partial charge in [-0.1, -0.05) is 6.58 Å². The van der Waals surface area contributed by atoms with E-state index >= 15 is 0 Å². The smallest absolute Gasteiger partial charge is 0.155 e. The summed E-state index contributed by atoms with van der Waals surface area (Å²) >= 11 is 1.83. The lowest BCUT2D eigenvalue weighted by molar-refractivity contribution is 0.374. The van der Waals surface area contributed by atoms with Gasteiger partial charge >= 0.3 is 0 Å². The van der Waals surface area contributed by atoms with Crippen LogP contribution in [0.1, 0.15) is 25.7 Å². The van der Waals surface area contributed by atoms with Gasteiger partial charge in [-0.3, -0.25) is 5.01 Å². The number of rotatable bonds is 5. The Labute approximate surface area is 151 Å². The molecule has 2 aliphatic heterocycles. The molecule has 0 saturated carbocycles. The zero-order chi connectivity index (χ0) is 17.8. The van der Waals surface area contributed by atoms with Gasteiger partial charge in [-0.15, -0.1) is 11.8 Å². The molecule has 0 fully saturated rings. The summed E-state index contributed by atoms with van der Waals surface area (Å²) in [5, 5.41) is 18.4. The number of hydrazine groups is 1. The number of aliphatic hydroxyl groups is 1.